The maximum atomic E-state index is 12.2. The number of hydrogen-bond acceptors (Lipinski definition) is 9. The molecule has 9 nitrogen and oxygen atoms in total. The van der Waals surface area contributed by atoms with Crippen molar-refractivity contribution in [2.75, 3.05) is 17.7 Å². The summed E-state index contributed by atoms with van der Waals surface area (Å²) in [4.78, 5) is 39.2. The van der Waals surface area contributed by atoms with Gasteiger partial charge in [-0.05, 0) is 82.3 Å². The van der Waals surface area contributed by atoms with E-state index in [0.717, 1.165) is 20.9 Å². The molecule has 0 radical (unpaired) electrons. The number of amides is 1. The molecule has 1 amide bonds. The molecule has 37 heavy (non-hydrogen) atoms. The van der Waals surface area contributed by atoms with E-state index >= 15 is 0 Å². The molecule has 2 aromatic heterocycles. The number of pyridine rings is 1. The van der Waals surface area contributed by atoms with Crippen molar-refractivity contribution in [3.8, 4) is 0 Å². The van der Waals surface area contributed by atoms with Crippen LogP contribution in [0.25, 0.3) is 11.0 Å². The Morgan fingerprint density at radius 2 is 1.73 bits per heavy atom. The number of ether oxygens (including phenoxy) is 2. The van der Waals surface area contributed by atoms with Crippen LogP contribution in [0.15, 0.2) is 70.7 Å². The first-order chi connectivity index (χ1) is 17.6. The van der Waals surface area contributed by atoms with Crippen LogP contribution in [0.1, 0.15) is 36.8 Å². The molecule has 4 aromatic rings. The Kier molecular flexibility index (Phi) is 7.58. The van der Waals surface area contributed by atoms with E-state index in [-0.39, 0.29) is 0 Å². The van der Waals surface area contributed by atoms with Gasteiger partial charge in [-0.1, -0.05) is 11.8 Å². The SMILES string of the molecule is COC(=O)c1ccc(Sc2ccc(NC(=O)OC(C)(C)C)cc2)c(Nc2ncnc3nc(C)ccc23)c1. The zero-order chi connectivity index (χ0) is 26.6. The fourth-order valence-electron chi connectivity index (χ4n) is 3.38. The molecule has 0 atom stereocenters. The van der Waals surface area contributed by atoms with Crippen LogP contribution in [0, 0.1) is 6.92 Å². The van der Waals surface area contributed by atoms with Crippen molar-refractivity contribution < 1.29 is 19.1 Å². The number of esters is 1. The van der Waals surface area contributed by atoms with Crippen LogP contribution in [-0.4, -0.2) is 39.7 Å². The Morgan fingerprint density at radius 3 is 2.43 bits per heavy atom. The van der Waals surface area contributed by atoms with E-state index in [2.05, 4.69) is 25.6 Å². The van der Waals surface area contributed by atoms with Crippen LogP contribution in [0.4, 0.5) is 22.0 Å². The number of methoxy groups -OCH3 is 1. The van der Waals surface area contributed by atoms with Crippen molar-refractivity contribution in [3.05, 3.63) is 72.2 Å². The van der Waals surface area contributed by atoms with E-state index < -0.39 is 17.7 Å². The summed E-state index contributed by atoms with van der Waals surface area (Å²) < 4.78 is 10.2. The van der Waals surface area contributed by atoms with Crippen LogP contribution < -0.4 is 10.6 Å². The first-order valence-corrected chi connectivity index (χ1v) is 12.3. The second-order valence-electron chi connectivity index (χ2n) is 9.13. The van der Waals surface area contributed by atoms with Crippen LogP contribution in [0.5, 0.6) is 0 Å². The monoisotopic (exact) mass is 517 g/mol. The Hall–Kier alpha value is -4.18. The number of aromatic nitrogens is 3. The van der Waals surface area contributed by atoms with Gasteiger partial charge < -0.3 is 14.8 Å². The van der Waals surface area contributed by atoms with E-state index in [1.165, 1.54) is 25.2 Å². The van der Waals surface area contributed by atoms with Crippen molar-refractivity contribution in [1.82, 2.24) is 15.0 Å². The van der Waals surface area contributed by atoms with Crippen molar-refractivity contribution in [3.63, 3.8) is 0 Å². The maximum absolute atomic E-state index is 12.2. The third-order valence-electron chi connectivity index (χ3n) is 5.02. The van der Waals surface area contributed by atoms with Gasteiger partial charge in [0.2, 0.25) is 0 Å². The molecule has 0 saturated heterocycles. The molecular formula is C27H27N5O4S. The highest BCUT2D eigenvalue weighted by molar-refractivity contribution is 7.99. The van der Waals surface area contributed by atoms with Gasteiger partial charge in [0.05, 0.1) is 23.7 Å². The number of aryl methyl sites for hydroxylation is 1. The van der Waals surface area contributed by atoms with Crippen molar-refractivity contribution >= 4 is 52.1 Å². The van der Waals surface area contributed by atoms with E-state index in [9.17, 15) is 9.59 Å². The third-order valence-corrected chi connectivity index (χ3v) is 6.10. The van der Waals surface area contributed by atoms with Crippen LogP contribution in [-0.2, 0) is 9.47 Å². The van der Waals surface area contributed by atoms with Crippen molar-refractivity contribution in [2.45, 2.75) is 43.1 Å². The zero-order valence-corrected chi connectivity index (χ0v) is 22.0. The van der Waals surface area contributed by atoms with Gasteiger partial charge in [-0.15, -0.1) is 0 Å². The summed E-state index contributed by atoms with van der Waals surface area (Å²) >= 11 is 1.49. The average Bonchev–Trinajstić information content (AvgIpc) is 2.84. The van der Waals surface area contributed by atoms with Gasteiger partial charge in [-0.3, -0.25) is 5.32 Å². The first-order valence-electron chi connectivity index (χ1n) is 11.5. The largest absolute Gasteiger partial charge is 0.465 e. The second-order valence-corrected chi connectivity index (χ2v) is 10.2. The van der Waals surface area contributed by atoms with Crippen LogP contribution in [0.3, 0.4) is 0 Å². The summed E-state index contributed by atoms with van der Waals surface area (Å²) in [5.74, 6) is 0.125. The highest BCUT2D eigenvalue weighted by Gasteiger charge is 2.17. The lowest BCUT2D eigenvalue weighted by molar-refractivity contribution is 0.0598. The van der Waals surface area contributed by atoms with Gasteiger partial charge in [-0.2, -0.15) is 0 Å². The quantitative estimate of drug-likeness (QED) is 0.282. The summed E-state index contributed by atoms with van der Waals surface area (Å²) in [7, 11) is 1.34. The molecule has 0 bridgehead atoms. The molecule has 10 heteroatoms. The molecule has 2 N–H and O–H groups in total. The Balaban J connectivity index is 1.61. The molecule has 0 saturated carbocycles. The van der Waals surface area contributed by atoms with E-state index in [1.54, 1.807) is 24.3 Å². The Bertz CT molecular complexity index is 1450. The number of carbonyl (C=O) groups excluding carboxylic acids is 2. The molecule has 0 spiro atoms. The third kappa shape index (κ3) is 6.73. The van der Waals surface area contributed by atoms with Gasteiger partial charge in [0.1, 0.15) is 17.7 Å². The maximum Gasteiger partial charge on any atom is 0.412 e. The summed E-state index contributed by atoms with van der Waals surface area (Å²) in [5.41, 5.74) is 2.54. The number of hydrogen-bond donors (Lipinski definition) is 2. The fraction of sp³-hybridized carbons (Fsp3) is 0.222. The highest BCUT2D eigenvalue weighted by atomic mass is 32.2. The van der Waals surface area contributed by atoms with Gasteiger partial charge in [0, 0.05) is 21.2 Å². The number of rotatable bonds is 6. The number of fused-ring (bicyclic) bond motifs is 1. The molecule has 0 aliphatic heterocycles. The summed E-state index contributed by atoms with van der Waals surface area (Å²) in [5, 5.41) is 6.82. The molecule has 2 aromatic carbocycles. The van der Waals surface area contributed by atoms with Gasteiger partial charge in [0.15, 0.2) is 5.65 Å². The van der Waals surface area contributed by atoms with Crippen LogP contribution >= 0.6 is 11.8 Å². The average molecular weight is 518 g/mol. The van der Waals surface area contributed by atoms with Gasteiger partial charge >= 0.3 is 12.1 Å². The van der Waals surface area contributed by atoms with Crippen LogP contribution in [0.2, 0.25) is 0 Å². The Morgan fingerprint density at radius 1 is 0.973 bits per heavy atom. The smallest absolute Gasteiger partial charge is 0.412 e. The number of nitrogens with one attached hydrogen (secondary N) is 2. The summed E-state index contributed by atoms with van der Waals surface area (Å²) in [6.07, 6.45) is 0.935. The van der Waals surface area contributed by atoms with E-state index in [4.69, 9.17) is 9.47 Å². The predicted octanol–water partition coefficient (Wildman–Crippen LogP) is 6.36. The van der Waals surface area contributed by atoms with Crippen molar-refractivity contribution in [2.24, 2.45) is 0 Å². The minimum atomic E-state index is -0.580. The molecule has 4 rings (SSSR count). The van der Waals surface area contributed by atoms with Crippen molar-refractivity contribution in [1.29, 1.82) is 0 Å². The molecule has 190 valence electrons. The number of carbonyl (C=O) groups is 2. The summed E-state index contributed by atoms with van der Waals surface area (Å²) in [6, 6.07) is 16.5. The fourth-order valence-corrected chi connectivity index (χ4v) is 4.26. The second kappa shape index (κ2) is 10.8. The number of anilines is 3. The van der Waals surface area contributed by atoms with Gasteiger partial charge in [0.25, 0.3) is 0 Å². The minimum Gasteiger partial charge on any atom is -0.465 e. The first kappa shape index (κ1) is 25.9. The van der Waals surface area contributed by atoms with E-state index in [0.29, 0.717) is 28.4 Å². The molecule has 0 aliphatic carbocycles. The minimum absolute atomic E-state index is 0.401. The lowest BCUT2D eigenvalue weighted by atomic mass is 10.2. The molecule has 2 heterocycles. The number of nitrogens with zero attached hydrogens (tertiary/aromatic N) is 3. The Labute approximate surface area is 219 Å². The number of benzene rings is 2. The lowest BCUT2D eigenvalue weighted by Gasteiger charge is -2.19. The molecule has 0 fully saturated rings. The highest BCUT2D eigenvalue weighted by Crippen LogP contribution is 2.37. The normalized spacial score (nSPS) is 11.2. The van der Waals surface area contributed by atoms with Gasteiger partial charge in [-0.25, -0.2) is 24.5 Å². The molecule has 0 aliphatic rings. The van der Waals surface area contributed by atoms with E-state index in [1.807, 2.05) is 58.0 Å². The molecule has 0 unspecified atom stereocenters. The zero-order valence-electron chi connectivity index (χ0n) is 21.2. The topological polar surface area (TPSA) is 115 Å². The predicted molar refractivity (Wildman–Crippen MR) is 144 cm³/mol. The lowest BCUT2D eigenvalue weighted by Crippen LogP contribution is -2.27. The molecular weight excluding hydrogens is 490 g/mol. The standard InChI is InChI=1S/C27H27N5O4S/c1-16-6-12-20-23(30-16)28-15-29-24(20)32-21-14-17(25(33)35-5)7-13-22(21)37-19-10-8-18(9-11-19)31-26(34)36-27(2,3)4/h6-15H,1-5H3,(H,31,34)(H,28,29,30,32). The summed E-state index contributed by atoms with van der Waals surface area (Å²) in [6.45, 7) is 7.33.